The molecule has 1 N–H and O–H groups in total. The van der Waals surface area contributed by atoms with Crippen LogP contribution in [0.1, 0.15) is 28.8 Å². The van der Waals surface area contributed by atoms with E-state index >= 15 is 0 Å². The van der Waals surface area contributed by atoms with E-state index in [0.29, 0.717) is 29.1 Å². The molecule has 0 unspecified atom stereocenters. The third-order valence-electron chi connectivity index (χ3n) is 4.87. The van der Waals surface area contributed by atoms with Gasteiger partial charge in [-0.15, -0.1) is 0 Å². The summed E-state index contributed by atoms with van der Waals surface area (Å²) in [5.74, 6) is -0.466. The van der Waals surface area contributed by atoms with Gasteiger partial charge in [0.05, 0.1) is 17.4 Å². The smallest absolute Gasteiger partial charge is 0.416 e. The standard InChI is InChI=1S/C22H18ClF3N2O3/c23-15-6-7-19-13(9-15)10-18(20(29)27-12-17-5-2-8-30-17)21(31-19)28-16-4-1-3-14(11-16)22(24,25)26/h1,3-4,6-7,9-11,17H,2,5,8,12H2,(H,27,29)/t17-/m0/s1. The van der Waals surface area contributed by atoms with Gasteiger partial charge in [-0.1, -0.05) is 17.7 Å². The van der Waals surface area contributed by atoms with Crippen molar-refractivity contribution in [1.29, 1.82) is 0 Å². The molecule has 31 heavy (non-hydrogen) atoms. The summed E-state index contributed by atoms with van der Waals surface area (Å²) in [6.45, 7) is 0.968. The molecule has 3 aromatic rings. The lowest BCUT2D eigenvalue weighted by Gasteiger charge is -2.11. The summed E-state index contributed by atoms with van der Waals surface area (Å²) in [4.78, 5) is 17.1. The minimum Gasteiger partial charge on any atom is -0.438 e. The molecule has 4 rings (SSSR count). The normalized spacial score (nSPS) is 17.3. The molecule has 0 saturated carbocycles. The lowest BCUT2D eigenvalue weighted by molar-refractivity contribution is -0.137. The fourth-order valence-electron chi connectivity index (χ4n) is 3.32. The summed E-state index contributed by atoms with van der Waals surface area (Å²) in [6, 6.07) is 10.9. The van der Waals surface area contributed by atoms with Crippen molar-refractivity contribution in [2.24, 2.45) is 4.99 Å². The molecule has 1 atom stereocenters. The van der Waals surface area contributed by atoms with Crippen LogP contribution in [0, 0.1) is 0 Å². The number of benzene rings is 2. The second-order valence-corrected chi connectivity index (χ2v) is 7.59. The fraction of sp³-hybridized carbons (Fsp3) is 0.273. The Morgan fingerprint density at radius 2 is 2.03 bits per heavy atom. The van der Waals surface area contributed by atoms with Crippen molar-refractivity contribution < 1.29 is 27.1 Å². The molecular formula is C22H18ClF3N2O3. The van der Waals surface area contributed by atoms with E-state index in [4.69, 9.17) is 20.8 Å². The molecule has 0 bridgehead atoms. The number of alkyl halides is 3. The molecule has 5 nitrogen and oxygen atoms in total. The van der Waals surface area contributed by atoms with E-state index in [2.05, 4.69) is 10.3 Å². The monoisotopic (exact) mass is 450 g/mol. The van der Waals surface area contributed by atoms with E-state index in [1.165, 1.54) is 12.1 Å². The highest BCUT2D eigenvalue weighted by molar-refractivity contribution is 6.31. The molecule has 2 heterocycles. The van der Waals surface area contributed by atoms with Crippen molar-refractivity contribution in [2.45, 2.75) is 25.1 Å². The molecule has 1 saturated heterocycles. The molecule has 1 aliphatic rings. The van der Waals surface area contributed by atoms with E-state index in [0.717, 1.165) is 25.0 Å². The summed E-state index contributed by atoms with van der Waals surface area (Å²) in [7, 11) is 0. The summed E-state index contributed by atoms with van der Waals surface area (Å²) >= 11 is 6.04. The molecule has 1 amide bonds. The Morgan fingerprint density at radius 1 is 1.19 bits per heavy atom. The molecule has 0 spiro atoms. The van der Waals surface area contributed by atoms with Crippen molar-refractivity contribution in [2.75, 3.05) is 13.2 Å². The zero-order valence-corrected chi connectivity index (χ0v) is 17.0. The van der Waals surface area contributed by atoms with Crippen molar-refractivity contribution in [3.05, 3.63) is 70.2 Å². The fourth-order valence-corrected chi connectivity index (χ4v) is 3.50. The highest BCUT2D eigenvalue weighted by Crippen LogP contribution is 2.31. The van der Waals surface area contributed by atoms with Gasteiger partial charge in [0.1, 0.15) is 11.1 Å². The predicted octanol–water partition coefficient (Wildman–Crippen LogP) is 5.25. The molecule has 0 aliphatic carbocycles. The number of amides is 1. The maximum atomic E-state index is 13.1. The number of hydrogen-bond donors (Lipinski definition) is 1. The number of carbonyl (C=O) groups excluding carboxylic acids is 1. The maximum Gasteiger partial charge on any atom is 0.416 e. The molecular weight excluding hydrogens is 433 g/mol. The third kappa shape index (κ3) is 5.08. The number of nitrogens with one attached hydrogen (secondary N) is 1. The first-order chi connectivity index (χ1) is 14.8. The Balaban J connectivity index is 1.77. The molecule has 2 aromatic carbocycles. The number of hydrogen-bond acceptors (Lipinski definition) is 4. The van der Waals surface area contributed by atoms with Crippen LogP contribution in [0.4, 0.5) is 18.9 Å². The SMILES string of the molecule is O=C(NC[C@@H]1CCCO1)c1cc2cc(Cl)ccc2oc1=Nc1cccc(C(F)(F)F)c1. The minimum atomic E-state index is -4.51. The molecule has 162 valence electrons. The number of rotatable bonds is 4. The Morgan fingerprint density at radius 3 is 2.77 bits per heavy atom. The van der Waals surface area contributed by atoms with Gasteiger partial charge in [-0.25, -0.2) is 4.99 Å². The largest absolute Gasteiger partial charge is 0.438 e. The van der Waals surface area contributed by atoms with Crippen molar-refractivity contribution in [3.8, 4) is 0 Å². The van der Waals surface area contributed by atoms with E-state index in [9.17, 15) is 18.0 Å². The minimum absolute atomic E-state index is 0.0139. The van der Waals surface area contributed by atoms with Crippen molar-refractivity contribution in [3.63, 3.8) is 0 Å². The van der Waals surface area contributed by atoms with E-state index < -0.39 is 17.6 Å². The van der Waals surface area contributed by atoms with Gasteiger partial charge in [0.2, 0.25) is 5.55 Å². The first kappa shape index (κ1) is 21.4. The van der Waals surface area contributed by atoms with Gasteiger partial charge in [0.15, 0.2) is 0 Å². The highest BCUT2D eigenvalue weighted by Gasteiger charge is 2.30. The average Bonchev–Trinajstić information content (AvgIpc) is 3.25. The summed E-state index contributed by atoms with van der Waals surface area (Å²) in [5.41, 5.74) is -0.444. The maximum absolute atomic E-state index is 13.1. The van der Waals surface area contributed by atoms with Gasteiger partial charge in [-0.2, -0.15) is 13.2 Å². The van der Waals surface area contributed by atoms with Gasteiger partial charge >= 0.3 is 6.18 Å². The van der Waals surface area contributed by atoms with Crippen LogP contribution in [0.25, 0.3) is 11.0 Å². The van der Waals surface area contributed by atoms with Crippen molar-refractivity contribution >= 4 is 34.2 Å². The number of ether oxygens (including phenoxy) is 1. The molecule has 1 fully saturated rings. The number of nitrogens with zero attached hydrogens (tertiary/aromatic N) is 1. The average molecular weight is 451 g/mol. The summed E-state index contributed by atoms with van der Waals surface area (Å²) < 4.78 is 50.4. The molecule has 0 radical (unpaired) electrons. The Kier molecular flexibility index (Phi) is 6.02. The lowest BCUT2D eigenvalue weighted by Crippen LogP contribution is -2.34. The van der Waals surface area contributed by atoms with Gasteiger partial charge < -0.3 is 14.5 Å². The van der Waals surface area contributed by atoms with Crippen LogP contribution in [0.5, 0.6) is 0 Å². The van der Waals surface area contributed by atoms with Gasteiger partial charge in [0.25, 0.3) is 5.91 Å². The van der Waals surface area contributed by atoms with E-state index in [-0.39, 0.29) is 22.9 Å². The summed E-state index contributed by atoms with van der Waals surface area (Å²) in [6.07, 6.45) is -2.80. The van der Waals surface area contributed by atoms with Crippen molar-refractivity contribution in [1.82, 2.24) is 5.32 Å². The van der Waals surface area contributed by atoms with Crippen LogP contribution in [0.3, 0.4) is 0 Å². The number of fused-ring (bicyclic) bond motifs is 1. The second kappa shape index (κ2) is 8.72. The Hall–Kier alpha value is -2.84. The third-order valence-corrected chi connectivity index (χ3v) is 5.11. The highest BCUT2D eigenvalue weighted by atomic mass is 35.5. The first-order valence-electron chi connectivity index (χ1n) is 9.65. The molecule has 9 heteroatoms. The van der Waals surface area contributed by atoms with Crippen LogP contribution < -0.4 is 10.9 Å². The Bertz CT molecular complexity index is 1180. The molecule has 1 aliphatic heterocycles. The van der Waals surface area contributed by atoms with Gasteiger partial charge in [-0.05, 0) is 55.3 Å². The zero-order chi connectivity index (χ0) is 22.0. The van der Waals surface area contributed by atoms with E-state index in [1.807, 2.05) is 0 Å². The first-order valence-corrected chi connectivity index (χ1v) is 10.0. The topological polar surface area (TPSA) is 63.8 Å². The quantitative estimate of drug-likeness (QED) is 0.590. The Labute approximate surface area is 180 Å². The van der Waals surface area contributed by atoms with Gasteiger partial charge in [0, 0.05) is 23.6 Å². The summed E-state index contributed by atoms with van der Waals surface area (Å²) in [5, 5.41) is 3.81. The second-order valence-electron chi connectivity index (χ2n) is 7.15. The van der Waals surface area contributed by atoms with Crippen LogP contribution in [0.2, 0.25) is 5.02 Å². The van der Waals surface area contributed by atoms with Gasteiger partial charge in [-0.3, -0.25) is 4.79 Å². The van der Waals surface area contributed by atoms with E-state index in [1.54, 1.807) is 24.3 Å². The predicted molar refractivity (Wildman–Crippen MR) is 109 cm³/mol. The zero-order valence-electron chi connectivity index (χ0n) is 16.2. The van der Waals surface area contributed by atoms with Crippen LogP contribution in [-0.2, 0) is 10.9 Å². The van der Waals surface area contributed by atoms with Crippen LogP contribution in [0.15, 0.2) is 57.9 Å². The lowest BCUT2D eigenvalue weighted by atomic mass is 10.1. The van der Waals surface area contributed by atoms with Crippen LogP contribution >= 0.6 is 11.6 Å². The number of carbonyl (C=O) groups is 1. The molecule has 1 aromatic heterocycles. The van der Waals surface area contributed by atoms with Crippen LogP contribution in [-0.4, -0.2) is 25.2 Å². The number of halogens is 4.